The summed E-state index contributed by atoms with van der Waals surface area (Å²) in [6, 6.07) is 0. The number of esters is 1. The number of halogens is 4. The minimum absolute atomic E-state index is 0.784. The van der Waals surface area contributed by atoms with Crippen molar-refractivity contribution in [1.29, 1.82) is 0 Å². The zero-order chi connectivity index (χ0) is 13.0. The van der Waals surface area contributed by atoms with Crippen molar-refractivity contribution in [3.8, 4) is 0 Å². The first-order valence-corrected chi connectivity index (χ1v) is 4.75. The molecule has 0 aliphatic rings. The molecular weight excluding hydrogens is 228 g/mol. The molecule has 0 aliphatic carbocycles. The van der Waals surface area contributed by atoms with Gasteiger partial charge in [-0.05, 0) is 6.92 Å². The van der Waals surface area contributed by atoms with E-state index in [0.717, 1.165) is 19.9 Å². The quantitative estimate of drug-likeness (QED) is 0.406. The van der Waals surface area contributed by atoms with Crippen molar-refractivity contribution in [1.82, 2.24) is 0 Å². The van der Waals surface area contributed by atoms with Crippen LogP contribution in [0.25, 0.3) is 0 Å². The second-order valence-corrected chi connectivity index (χ2v) is 3.42. The summed E-state index contributed by atoms with van der Waals surface area (Å²) >= 11 is 0. The topological polar surface area (TPSA) is 26.3 Å². The van der Waals surface area contributed by atoms with Crippen LogP contribution >= 0.6 is 0 Å². The molecule has 0 spiro atoms. The Morgan fingerprint density at radius 2 is 1.88 bits per heavy atom. The summed E-state index contributed by atoms with van der Waals surface area (Å²) in [4.78, 5) is 10.7. The van der Waals surface area contributed by atoms with Gasteiger partial charge in [-0.25, -0.2) is 4.79 Å². The van der Waals surface area contributed by atoms with Gasteiger partial charge in [-0.2, -0.15) is 17.6 Å². The molecule has 0 bridgehead atoms. The van der Waals surface area contributed by atoms with Crippen LogP contribution in [0.1, 0.15) is 26.7 Å². The van der Waals surface area contributed by atoms with E-state index in [1.165, 1.54) is 0 Å². The summed E-state index contributed by atoms with van der Waals surface area (Å²) in [5, 5.41) is 0. The van der Waals surface area contributed by atoms with Crippen LogP contribution < -0.4 is 0 Å². The van der Waals surface area contributed by atoms with Crippen LogP contribution in [0.3, 0.4) is 0 Å². The summed E-state index contributed by atoms with van der Waals surface area (Å²) in [5.41, 5.74) is 0. The van der Waals surface area contributed by atoms with Gasteiger partial charge in [0.1, 0.15) is 6.10 Å². The van der Waals surface area contributed by atoms with Crippen molar-refractivity contribution in [2.45, 2.75) is 44.6 Å². The first-order valence-electron chi connectivity index (χ1n) is 4.75. The Hall–Kier alpha value is -1.07. The molecule has 6 heteroatoms. The zero-order valence-corrected chi connectivity index (χ0v) is 9.10. The van der Waals surface area contributed by atoms with Crippen LogP contribution in [-0.2, 0) is 9.53 Å². The van der Waals surface area contributed by atoms with Gasteiger partial charge >= 0.3 is 17.8 Å². The molecule has 0 fully saturated rings. The van der Waals surface area contributed by atoms with E-state index in [4.69, 9.17) is 0 Å². The van der Waals surface area contributed by atoms with Crippen molar-refractivity contribution in [3.63, 3.8) is 0 Å². The van der Waals surface area contributed by atoms with Crippen molar-refractivity contribution in [2.24, 2.45) is 0 Å². The number of rotatable bonds is 6. The van der Waals surface area contributed by atoms with Crippen molar-refractivity contribution < 1.29 is 27.1 Å². The fourth-order valence-corrected chi connectivity index (χ4v) is 1.06. The first-order chi connectivity index (χ1) is 7.16. The third-order valence-corrected chi connectivity index (χ3v) is 2.01. The summed E-state index contributed by atoms with van der Waals surface area (Å²) in [5.74, 6) is -9.20. The maximum Gasteiger partial charge on any atom is 0.330 e. The Kier molecular flexibility index (Phi) is 4.96. The number of ether oxygens (including phenoxy) is 1. The second-order valence-electron chi connectivity index (χ2n) is 3.42. The summed E-state index contributed by atoms with van der Waals surface area (Å²) in [6.45, 7) is 5.16. The molecule has 0 heterocycles. The lowest BCUT2D eigenvalue weighted by molar-refractivity contribution is -0.223. The number of carbonyl (C=O) groups excluding carboxylic acids is 1. The molecule has 0 aromatic rings. The lowest BCUT2D eigenvalue weighted by atomic mass is 10.0. The molecule has 0 aromatic carbocycles. The molecular formula is C10H14F4O2. The highest BCUT2D eigenvalue weighted by Crippen LogP contribution is 2.40. The highest BCUT2D eigenvalue weighted by molar-refractivity contribution is 5.81. The third kappa shape index (κ3) is 3.83. The Morgan fingerprint density at radius 1 is 1.38 bits per heavy atom. The van der Waals surface area contributed by atoms with E-state index < -0.39 is 36.8 Å². The third-order valence-electron chi connectivity index (χ3n) is 2.01. The molecule has 0 saturated heterocycles. The molecule has 0 aliphatic heterocycles. The second kappa shape index (κ2) is 5.32. The monoisotopic (exact) mass is 242 g/mol. The van der Waals surface area contributed by atoms with Gasteiger partial charge in [0, 0.05) is 12.5 Å². The predicted octanol–water partition coefficient (Wildman–Crippen LogP) is 3.17. The average Bonchev–Trinajstić information content (AvgIpc) is 2.16. The molecule has 0 saturated carbocycles. The summed E-state index contributed by atoms with van der Waals surface area (Å²) in [6.07, 6.45) is -2.69. The van der Waals surface area contributed by atoms with Crippen LogP contribution in [0.15, 0.2) is 12.7 Å². The molecule has 2 nitrogen and oxygen atoms in total. The summed E-state index contributed by atoms with van der Waals surface area (Å²) in [7, 11) is 0. The van der Waals surface area contributed by atoms with Crippen LogP contribution in [0.4, 0.5) is 17.6 Å². The van der Waals surface area contributed by atoms with Crippen LogP contribution in [0.2, 0.25) is 0 Å². The highest BCUT2D eigenvalue weighted by atomic mass is 19.3. The van der Waals surface area contributed by atoms with E-state index in [1.54, 1.807) is 0 Å². The number of hydrogen-bond acceptors (Lipinski definition) is 2. The maximum absolute atomic E-state index is 13.0. The Bertz CT molecular complexity index is 264. The van der Waals surface area contributed by atoms with Gasteiger partial charge in [0.05, 0.1) is 6.42 Å². The minimum atomic E-state index is -4.19. The van der Waals surface area contributed by atoms with E-state index in [9.17, 15) is 22.4 Å². The average molecular weight is 242 g/mol. The molecule has 0 rings (SSSR count). The molecule has 0 amide bonds. The van der Waals surface area contributed by atoms with Gasteiger partial charge < -0.3 is 4.74 Å². The SMILES string of the molecule is C=CC(=O)OC(C)CC(F)(F)C(F)(F)CC. The molecule has 0 radical (unpaired) electrons. The summed E-state index contributed by atoms with van der Waals surface area (Å²) < 4.78 is 56.1. The zero-order valence-electron chi connectivity index (χ0n) is 9.10. The van der Waals surface area contributed by atoms with E-state index in [-0.39, 0.29) is 0 Å². The fraction of sp³-hybridized carbons (Fsp3) is 0.700. The van der Waals surface area contributed by atoms with Crippen molar-refractivity contribution in [3.05, 3.63) is 12.7 Å². The standard InChI is InChI=1S/C10H14F4O2/c1-4-8(15)16-7(3)6-10(13,14)9(11,12)5-2/h4,7H,1,5-6H2,2-3H3. The van der Waals surface area contributed by atoms with Gasteiger partial charge in [0.25, 0.3) is 0 Å². The van der Waals surface area contributed by atoms with E-state index >= 15 is 0 Å². The molecule has 16 heavy (non-hydrogen) atoms. The van der Waals surface area contributed by atoms with E-state index in [2.05, 4.69) is 11.3 Å². The van der Waals surface area contributed by atoms with E-state index in [1.807, 2.05) is 0 Å². The molecule has 0 N–H and O–H groups in total. The number of carbonyl (C=O) groups is 1. The van der Waals surface area contributed by atoms with Crippen molar-refractivity contribution >= 4 is 5.97 Å². The number of alkyl halides is 4. The van der Waals surface area contributed by atoms with E-state index in [0.29, 0.717) is 0 Å². The normalized spacial score (nSPS) is 14.4. The van der Waals surface area contributed by atoms with Crippen molar-refractivity contribution in [2.75, 3.05) is 0 Å². The van der Waals surface area contributed by atoms with Gasteiger partial charge in [-0.3, -0.25) is 0 Å². The smallest absolute Gasteiger partial charge is 0.330 e. The Labute approximate surface area is 91.3 Å². The lowest BCUT2D eigenvalue weighted by Crippen LogP contribution is -2.42. The van der Waals surface area contributed by atoms with Gasteiger partial charge in [0.15, 0.2) is 0 Å². The molecule has 1 atom stereocenters. The first kappa shape index (κ1) is 14.9. The Morgan fingerprint density at radius 3 is 2.25 bits per heavy atom. The number of hydrogen-bond donors (Lipinski definition) is 0. The minimum Gasteiger partial charge on any atom is -0.459 e. The van der Waals surface area contributed by atoms with Gasteiger partial charge in [0.2, 0.25) is 0 Å². The fourth-order valence-electron chi connectivity index (χ4n) is 1.06. The van der Waals surface area contributed by atoms with Crippen LogP contribution in [0, 0.1) is 0 Å². The Balaban J connectivity index is 4.47. The largest absolute Gasteiger partial charge is 0.459 e. The maximum atomic E-state index is 13.0. The van der Waals surface area contributed by atoms with Gasteiger partial charge in [-0.1, -0.05) is 13.5 Å². The molecule has 94 valence electrons. The predicted molar refractivity (Wildman–Crippen MR) is 50.6 cm³/mol. The van der Waals surface area contributed by atoms with Crippen LogP contribution in [0.5, 0.6) is 0 Å². The van der Waals surface area contributed by atoms with Crippen LogP contribution in [-0.4, -0.2) is 23.9 Å². The highest BCUT2D eigenvalue weighted by Gasteiger charge is 2.55. The molecule has 1 unspecified atom stereocenters. The molecule has 0 aromatic heterocycles. The lowest BCUT2D eigenvalue weighted by Gasteiger charge is -2.27. The van der Waals surface area contributed by atoms with Gasteiger partial charge in [-0.15, -0.1) is 0 Å².